The van der Waals surface area contributed by atoms with Crippen LogP contribution in [-0.4, -0.2) is 67.4 Å². The molecule has 0 aliphatic rings. The average molecular weight is 297 g/mol. The molecule has 0 aromatic rings. The van der Waals surface area contributed by atoms with Crippen LogP contribution in [-0.2, 0) is 18.4 Å². The molecule has 0 fully saturated rings. The minimum atomic E-state index is -4.35. The molecular formula is C8H18N4O6P+. The van der Waals surface area contributed by atoms with E-state index in [1.54, 1.807) is 0 Å². The molecule has 0 rings (SSSR count). The van der Waals surface area contributed by atoms with Crippen LogP contribution in [0.3, 0.4) is 0 Å². The standard InChI is InChI=1S/C8H17N4O6P/c1-12(2,3)4-5-17-19(15,16)18-6-7(8(13)14)10-11-9/h7H,4-6H2,1-3H3,(H-,13,14,15,16)/p+1/t7-/m0/s1. The Morgan fingerprint density at radius 1 is 1.47 bits per heavy atom. The van der Waals surface area contributed by atoms with Crippen molar-refractivity contribution in [1.29, 1.82) is 0 Å². The summed E-state index contributed by atoms with van der Waals surface area (Å²) in [6.45, 7) is -0.305. The topological polar surface area (TPSA) is 142 Å². The monoisotopic (exact) mass is 297 g/mol. The summed E-state index contributed by atoms with van der Waals surface area (Å²) in [7, 11) is 1.26. The minimum absolute atomic E-state index is 0.0312. The number of aliphatic carboxylic acids is 1. The summed E-state index contributed by atoms with van der Waals surface area (Å²) < 4.78 is 21.0. The third-order valence-electron chi connectivity index (χ3n) is 1.89. The highest BCUT2D eigenvalue weighted by Crippen LogP contribution is 2.43. The van der Waals surface area contributed by atoms with E-state index < -0.39 is 26.4 Å². The molecule has 11 heteroatoms. The summed E-state index contributed by atoms with van der Waals surface area (Å²) in [5.74, 6) is -1.45. The van der Waals surface area contributed by atoms with Gasteiger partial charge in [0.05, 0.1) is 27.7 Å². The van der Waals surface area contributed by atoms with E-state index in [0.717, 1.165) is 0 Å². The maximum absolute atomic E-state index is 11.4. The number of quaternary nitrogens is 1. The van der Waals surface area contributed by atoms with E-state index >= 15 is 0 Å². The fourth-order valence-electron chi connectivity index (χ4n) is 0.848. The highest BCUT2D eigenvalue weighted by molar-refractivity contribution is 7.47. The van der Waals surface area contributed by atoms with Gasteiger partial charge in [-0.25, -0.2) is 4.57 Å². The van der Waals surface area contributed by atoms with Crippen LogP contribution in [0.4, 0.5) is 0 Å². The first-order chi connectivity index (χ1) is 8.57. The van der Waals surface area contributed by atoms with Crippen molar-refractivity contribution in [3.63, 3.8) is 0 Å². The van der Waals surface area contributed by atoms with Crippen molar-refractivity contribution in [2.45, 2.75) is 6.04 Å². The molecule has 0 aliphatic heterocycles. The fraction of sp³-hybridized carbons (Fsp3) is 0.875. The first-order valence-corrected chi connectivity index (χ1v) is 6.76. The number of hydrogen-bond donors (Lipinski definition) is 2. The Labute approximate surface area is 110 Å². The quantitative estimate of drug-likeness (QED) is 0.210. The molecule has 0 aromatic heterocycles. The van der Waals surface area contributed by atoms with Gasteiger partial charge in [-0.1, -0.05) is 5.11 Å². The summed E-state index contributed by atoms with van der Waals surface area (Å²) in [5, 5.41) is 11.5. The van der Waals surface area contributed by atoms with Gasteiger partial charge in [0.25, 0.3) is 0 Å². The van der Waals surface area contributed by atoms with Gasteiger partial charge in [-0.2, -0.15) is 0 Å². The van der Waals surface area contributed by atoms with Crippen molar-refractivity contribution in [3.8, 4) is 0 Å². The second kappa shape index (κ2) is 7.44. The number of hydrogen-bond acceptors (Lipinski definition) is 5. The summed E-state index contributed by atoms with van der Waals surface area (Å²) in [5.41, 5.74) is 8.12. The smallest absolute Gasteiger partial charge is 0.472 e. The Morgan fingerprint density at radius 2 is 2.05 bits per heavy atom. The molecule has 1 unspecified atom stereocenters. The number of azide groups is 1. The molecule has 0 saturated carbocycles. The Kier molecular flexibility index (Phi) is 6.99. The molecule has 0 saturated heterocycles. The van der Waals surface area contributed by atoms with E-state index in [2.05, 4.69) is 19.1 Å². The van der Waals surface area contributed by atoms with Crippen LogP contribution >= 0.6 is 7.82 Å². The summed E-state index contributed by atoms with van der Waals surface area (Å²) in [4.78, 5) is 22.2. The molecule has 0 spiro atoms. The number of nitrogens with zero attached hydrogens (tertiary/aromatic N) is 4. The van der Waals surface area contributed by atoms with E-state index in [9.17, 15) is 14.3 Å². The van der Waals surface area contributed by atoms with Gasteiger partial charge < -0.3 is 14.5 Å². The van der Waals surface area contributed by atoms with Crippen molar-refractivity contribution in [2.24, 2.45) is 5.11 Å². The normalized spacial score (nSPS) is 16.2. The van der Waals surface area contributed by atoms with Crippen LogP contribution in [0, 0.1) is 0 Å². The van der Waals surface area contributed by atoms with E-state index in [0.29, 0.717) is 11.0 Å². The first kappa shape index (κ1) is 17.8. The second-order valence-corrected chi connectivity index (χ2v) is 6.12. The molecule has 2 atom stereocenters. The maximum Gasteiger partial charge on any atom is 0.472 e. The largest absolute Gasteiger partial charge is 0.481 e. The number of phosphoric acid groups is 1. The van der Waals surface area contributed by atoms with Gasteiger partial charge in [-0.05, 0) is 5.53 Å². The number of carbonyl (C=O) groups is 1. The molecule has 0 amide bonds. The molecule has 2 N–H and O–H groups in total. The van der Waals surface area contributed by atoms with Gasteiger partial charge in [0.2, 0.25) is 0 Å². The van der Waals surface area contributed by atoms with Gasteiger partial charge in [0.1, 0.15) is 13.2 Å². The molecule has 0 heterocycles. The predicted octanol–water partition coefficient (Wildman–Crippen LogP) is 0.590. The van der Waals surface area contributed by atoms with Gasteiger partial charge in [0, 0.05) is 4.91 Å². The van der Waals surface area contributed by atoms with Crippen LogP contribution in [0.1, 0.15) is 0 Å². The molecule has 0 bridgehead atoms. The molecule has 19 heavy (non-hydrogen) atoms. The summed E-state index contributed by atoms with van der Waals surface area (Å²) >= 11 is 0. The van der Waals surface area contributed by atoms with Crippen LogP contribution < -0.4 is 0 Å². The number of likely N-dealkylation sites (N-methyl/N-ethyl adjacent to an activating group) is 1. The van der Waals surface area contributed by atoms with Gasteiger partial charge in [-0.3, -0.25) is 13.8 Å². The lowest BCUT2D eigenvalue weighted by Gasteiger charge is -2.24. The van der Waals surface area contributed by atoms with Gasteiger partial charge >= 0.3 is 13.8 Å². The van der Waals surface area contributed by atoms with E-state index in [1.807, 2.05) is 21.1 Å². The van der Waals surface area contributed by atoms with Crippen LogP contribution in [0.15, 0.2) is 5.11 Å². The number of carboxylic acid groups (broad SMARTS) is 1. The van der Waals surface area contributed by atoms with Crippen molar-refractivity contribution < 1.29 is 32.9 Å². The SMILES string of the molecule is C[N+](C)(C)CCOP(=O)(O)OC[C@H](N=[N+]=[N-])C(=O)O. The first-order valence-electron chi connectivity index (χ1n) is 5.27. The molecule has 10 nitrogen and oxygen atoms in total. The van der Waals surface area contributed by atoms with Crippen LogP contribution in [0.2, 0.25) is 0 Å². The van der Waals surface area contributed by atoms with Crippen molar-refractivity contribution in [2.75, 3.05) is 40.9 Å². The van der Waals surface area contributed by atoms with Crippen molar-refractivity contribution in [3.05, 3.63) is 10.4 Å². The predicted molar refractivity (Wildman–Crippen MR) is 65.2 cm³/mol. The lowest BCUT2D eigenvalue weighted by molar-refractivity contribution is -0.870. The Hall–Kier alpha value is -1.15. The Bertz CT molecular complexity index is 401. The van der Waals surface area contributed by atoms with E-state index in [1.165, 1.54) is 0 Å². The zero-order chi connectivity index (χ0) is 15.1. The molecule has 0 aliphatic carbocycles. The summed E-state index contributed by atoms with van der Waals surface area (Å²) in [6.07, 6.45) is 0. The lowest BCUT2D eigenvalue weighted by atomic mass is 10.3. The van der Waals surface area contributed by atoms with Gasteiger partial charge in [-0.15, -0.1) is 0 Å². The Morgan fingerprint density at radius 3 is 2.47 bits per heavy atom. The number of carboxylic acids is 1. The molecule has 0 radical (unpaired) electrons. The number of rotatable bonds is 9. The zero-order valence-corrected chi connectivity index (χ0v) is 11.9. The second-order valence-electron chi connectivity index (χ2n) is 4.67. The fourth-order valence-corrected chi connectivity index (χ4v) is 1.56. The average Bonchev–Trinajstić information content (AvgIpc) is 2.21. The lowest BCUT2D eigenvalue weighted by Crippen LogP contribution is -2.37. The molecule has 110 valence electrons. The van der Waals surface area contributed by atoms with E-state index in [4.69, 9.17) is 10.6 Å². The molecule has 0 aromatic carbocycles. The zero-order valence-electron chi connectivity index (χ0n) is 11.0. The van der Waals surface area contributed by atoms with E-state index in [-0.39, 0.29) is 6.61 Å². The number of phosphoric ester groups is 1. The summed E-state index contributed by atoms with van der Waals surface area (Å²) in [6, 6.07) is -1.58. The third-order valence-corrected chi connectivity index (χ3v) is 2.87. The van der Waals surface area contributed by atoms with Crippen molar-refractivity contribution in [1.82, 2.24) is 0 Å². The van der Waals surface area contributed by atoms with Crippen molar-refractivity contribution >= 4 is 13.8 Å². The maximum atomic E-state index is 11.4. The van der Waals surface area contributed by atoms with Crippen LogP contribution in [0.5, 0.6) is 0 Å². The highest BCUT2D eigenvalue weighted by atomic mass is 31.2. The Balaban J connectivity index is 4.26. The minimum Gasteiger partial charge on any atom is -0.481 e. The van der Waals surface area contributed by atoms with Gasteiger partial charge in [0.15, 0.2) is 6.04 Å². The third kappa shape index (κ3) is 9.43. The van der Waals surface area contributed by atoms with Crippen LogP contribution in [0.25, 0.3) is 10.4 Å². The highest BCUT2D eigenvalue weighted by Gasteiger charge is 2.26. The molecular weight excluding hydrogens is 279 g/mol.